The summed E-state index contributed by atoms with van der Waals surface area (Å²) >= 11 is 0. The van der Waals surface area contributed by atoms with Gasteiger partial charge in [0.25, 0.3) is 0 Å². The van der Waals surface area contributed by atoms with E-state index >= 15 is 0 Å². The third-order valence-electron chi connectivity index (χ3n) is 12.8. The van der Waals surface area contributed by atoms with Crippen molar-refractivity contribution in [2.45, 2.75) is 309 Å². The van der Waals surface area contributed by atoms with Gasteiger partial charge in [0.05, 0.1) is 6.61 Å². The molecular weight excluding hydrogens is 801 g/mol. The Kier molecular flexibility index (Phi) is 54.3. The number of rotatable bonds is 53. The molecular formula is C60H110O5. The molecule has 0 aromatic carbocycles. The van der Waals surface area contributed by atoms with E-state index in [9.17, 15) is 14.7 Å². The van der Waals surface area contributed by atoms with Crippen molar-refractivity contribution < 1.29 is 24.2 Å². The van der Waals surface area contributed by atoms with Gasteiger partial charge in [-0.05, 0) is 77.0 Å². The van der Waals surface area contributed by atoms with Crippen molar-refractivity contribution in [2.75, 3.05) is 13.2 Å². The molecule has 0 saturated carbocycles. The molecule has 1 atom stereocenters. The number of esters is 2. The summed E-state index contributed by atoms with van der Waals surface area (Å²) in [6, 6.07) is 0. The molecule has 5 nitrogen and oxygen atoms in total. The first-order valence-corrected chi connectivity index (χ1v) is 28.7. The number of ether oxygens (including phenoxy) is 2. The van der Waals surface area contributed by atoms with Crippen molar-refractivity contribution in [3.63, 3.8) is 0 Å². The van der Waals surface area contributed by atoms with E-state index in [-0.39, 0.29) is 25.2 Å². The number of aliphatic hydroxyl groups is 1. The Morgan fingerprint density at radius 2 is 0.615 bits per heavy atom. The lowest BCUT2D eigenvalue weighted by Gasteiger charge is -2.15. The van der Waals surface area contributed by atoms with E-state index < -0.39 is 6.10 Å². The Hall–Kier alpha value is -2.14. The molecule has 0 aromatic rings. The molecule has 0 fully saturated rings. The Balaban J connectivity index is 3.44. The molecule has 5 heteroatoms. The van der Waals surface area contributed by atoms with E-state index in [1.807, 2.05) is 0 Å². The molecule has 0 aliphatic carbocycles. The van der Waals surface area contributed by atoms with Gasteiger partial charge in [-0.1, -0.05) is 262 Å². The van der Waals surface area contributed by atoms with Crippen LogP contribution in [0.4, 0.5) is 0 Å². The van der Waals surface area contributed by atoms with Crippen molar-refractivity contribution in [3.05, 3.63) is 48.6 Å². The summed E-state index contributed by atoms with van der Waals surface area (Å²) in [5, 5.41) is 9.64. The van der Waals surface area contributed by atoms with Crippen LogP contribution in [0.3, 0.4) is 0 Å². The van der Waals surface area contributed by atoms with Gasteiger partial charge in [0, 0.05) is 12.8 Å². The second-order valence-corrected chi connectivity index (χ2v) is 19.4. The van der Waals surface area contributed by atoms with Gasteiger partial charge in [-0.15, -0.1) is 0 Å². The maximum absolute atomic E-state index is 12.3. The van der Waals surface area contributed by atoms with Crippen LogP contribution in [0.5, 0.6) is 0 Å². The highest BCUT2D eigenvalue weighted by Crippen LogP contribution is 2.17. The third kappa shape index (κ3) is 54.4. The summed E-state index contributed by atoms with van der Waals surface area (Å²) in [5.74, 6) is -0.583. The molecule has 380 valence electrons. The van der Waals surface area contributed by atoms with E-state index in [4.69, 9.17) is 9.47 Å². The summed E-state index contributed by atoms with van der Waals surface area (Å²) < 4.78 is 10.7. The van der Waals surface area contributed by atoms with Gasteiger partial charge in [0.15, 0.2) is 6.10 Å². The highest BCUT2D eigenvalue weighted by atomic mass is 16.6. The number of allylic oxidation sites excluding steroid dienone is 8. The zero-order valence-electron chi connectivity index (χ0n) is 43.5. The molecule has 65 heavy (non-hydrogen) atoms. The maximum atomic E-state index is 12.3. The van der Waals surface area contributed by atoms with Crippen LogP contribution in [0.1, 0.15) is 303 Å². The second-order valence-electron chi connectivity index (χ2n) is 19.4. The zero-order valence-corrected chi connectivity index (χ0v) is 43.5. The number of carbonyl (C=O) groups excluding carboxylic acids is 2. The van der Waals surface area contributed by atoms with Gasteiger partial charge in [0.1, 0.15) is 6.61 Å². The highest BCUT2D eigenvalue weighted by Gasteiger charge is 2.16. The minimum atomic E-state index is -0.773. The van der Waals surface area contributed by atoms with Crippen molar-refractivity contribution in [3.8, 4) is 0 Å². The van der Waals surface area contributed by atoms with Crippen LogP contribution < -0.4 is 0 Å². The smallest absolute Gasteiger partial charge is 0.306 e. The largest absolute Gasteiger partial charge is 0.462 e. The van der Waals surface area contributed by atoms with Crippen LogP contribution in [0.15, 0.2) is 48.6 Å². The SMILES string of the molecule is CCCCCCC/C=C\C/C=C\C/C=C\CCCCCCCCCCCCCCCCCCCCC(=O)OC(CO)COC(=O)CCCCCCCCC/C=C\CCCCCCCCC. The topological polar surface area (TPSA) is 72.8 Å². The molecule has 0 spiro atoms. The predicted octanol–water partition coefficient (Wildman–Crippen LogP) is 19.3. The number of hydrogen-bond acceptors (Lipinski definition) is 5. The fraction of sp³-hybridized carbons (Fsp3) is 0.833. The van der Waals surface area contributed by atoms with Crippen molar-refractivity contribution in [2.24, 2.45) is 0 Å². The Morgan fingerprint density at radius 3 is 0.938 bits per heavy atom. The first kappa shape index (κ1) is 62.9. The van der Waals surface area contributed by atoms with Crippen LogP contribution in [-0.4, -0.2) is 36.4 Å². The average molecular weight is 912 g/mol. The van der Waals surface area contributed by atoms with Crippen molar-refractivity contribution >= 4 is 11.9 Å². The summed E-state index contributed by atoms with van der Waals surface area (Å²) in [6.45, 7) is 4.16. The standard InChI is InChI=1S/C60H110O5/c1-3-5-7-9-11-13-15-17-19-21-23-24-25-26-27-28-29-30-31-32-33-34-35-36-37-39-41-43-45-47-49-51-53-55-60(63)65-58(56-61)57-64-59(62)54-52-50-48-46-44-42-40-38-22-20-18-16-14-12-10-8-6-4-2/h15,17,20-23,25-26,58,61H,3-14,16,18-19,24,27-57H2,1-2H3/b17-15-,22-20-,23-21-,26-25-. The molecule has 0 heterocycles. The number of aliphatic hydroxyl groups excluding tert-OH is 1. The molecule has 0 radical (unpaired) electrons. The molecule has 0 aliphatic heterocycles. The van der Waals surface area contributed by atoms with Gasteiger partial charge in [0.2, 0.25) is 0 Å². The number of hydrogen-bond donors (Lipinski definition) is 1. The summed E-state index contributed by atoms with van der Waals surface area (Å²) in [5.41, 5.74) is 0. The van der Waals surface area contributed by atoms with Crippen LogP contribution in [0.2, 0.25) is 0 Å². The molecule has 0 rings (SSSR count). The number of unbranched alkanes of at least 4 members (excludes halogenated alkanes) is 37. The van der Waals surface area contributed by atoms with Crippen molar-refractivity contribution in [1.29, 1.82) is 0 Å². The molecule has 0 aliphatic rings. The molecule has 0 saturated heterocycles. The van der Waals surface area contributed by atoms with Gasteiger partial charge in [-0.25, -0.2) is 0 Å². The minimum Gasteiger partial charge on any atom is -0.462 e. The molecule has 1 unspecified atom stereocenters. The van der Waals surface area contributed by atoms with Crippen LogP contribution in [0.25, 0.3) is 0 Å². The predicted molar refractivity (Wildman–Crippen MR) is 284 cm³/mol. The zero-order chi connectivity index (χ0) is 47.0. The Labute approximate surface area is 405 Å². The maximum Gasteiger partial charge on any atom is 0.306 e. The highest BCUT2D eigenvalue weighted by molar-refractivity contribution is 5.70. The van der Waals surface area contributed by atoms with Crippen molar-refractivity contribution in [1.82, 2.24) is 0 Å². The fourth-order valence-corrected chi connectivity index (χ4v) is 8.50. The molecule has 1 N–H and O–H groups in total. The normalized spacial score (nSPS) is 12.5. The van der Waals surface area contributed by atoms with E-state index in [0.717, 1.165) is 51.4 Å². The fourth-order valence-electron chi connectivity index (χ4n) is 8.50. The first-order valence-electron chi connectivity index (χ1n) is 28.7. The Bertz CT molecular complexity index is 1080. The molecule has 0 aromatic heterocycles. The van der Waals surface area contributed by atoms with Crippen LogP contribution >= 0.6 is 0 Å². The average Bonchev–Trinajstić information content (AvgIpc) is 3.31. The van der Waals surface area contributed by atoms with E-state index in [1.54, 1.807) is 0 Å². The molecule has 0 bridgehead atoms. The van der Waals surface area contributed by atoms with Crippen LogP contribution in [-0.2, 0) is 19.1 Å². The molecule has 0 amide bonds. The lowest BCUT2D eigenvalue weighted by Crippen LogP contribution is -2.28. The monoisotopic (exact) mass is 911 g/mol. The quantitative estimate of drug-likeness (QED) is 0.0374. The minimum absolute atomic E-state index is 0.0651. The third-order valence-corrected chi connectivity index (χ3v) is 12.8. The van der Waals surface area contributed by atoms with Gasteiger partial charge in [-0.2, -0.15) is 0 Å². The van der Waals surface area contributed by atoms with Crippen LogP contribution in [0, 0.1) is 0 Å². The van der Waals surface area contributed by atoms with Gasteiger partial charge in [-0.3, -0.25) is 9.59 Å². The first-order chi connectivity index (χ1) is 32.1. The Morgan fingerprint density at radius 1 is 0.354 bits per heavy atom. The van der Waals surface area contributed by atoms with E-state index in [1.165, 1.54) is 225 Å². The lowest BCUT2D eigenvalue weighted by atomic mass is 10.0. The van der Waals surface area contributed by atoms with E-state index in [0.29, 0.717) is 12.8 Å². The number of carbonyl (C=O) groups is 2. The summed E-state index contributed by atoms with van der Waals surface area (Å²) in [7, 11) is 0. The summed E-state index contributed by atoms with van der Waals surface area (Å²) in [4.78, 5) is 24.5. The lowest BCUT2D eigenvalue weighted by molar-refractivity contribution is -0.161. The van der Waals surface area contributed by atoms with Gasteiger partial charge >= 0.3 is 11.9 Å². The van der Waals surface area contributed by atoms with Gasteiger partial charge < -0.3 is 14.6 Å². The summed E-state index contributed by atoms with van der Waals surface area (Å²) in [6.07, 6.45) is 73.8. The second kappa shape index (κ2) is 56.2. The van der Waals surface area contributed by atoms with E-state index in [2.05, 4.69) is 62.5 Å².